The van der Waals surface area contributed by atoms with Crippen molar-refractivity contribution in [2.75, 3.05) is 5.73 Å². The molecule has 0 aliphatic carbocycles. The van der Waals surface area contributed by atoms with Gasteiger partial charge < -0.3 is 5.73 Å². The Kier molecular flexibility index (Phi) is 3.09. The molecular weight excluding hydrogens is 292 g/mol. The molecule has 0 aliphatic heterocycles. The molecule has 0 unspecified atom stereocenters. The van der Waals surface area contributed by atoms with E-state index in [0.29, 0.717) is 5.82 Å². The lowest BCUT2D eigenvalue weighted by Gasteiger charge is -2.05. The first-order chi connectivity index (χ1) is 11.3. The van der Waals surface area contributed by atoms with Gasteiger partial charge in [-0.25, -0.2) is 4.63 Å². The molecule has 0 bridgehead atoms. The summed E-state index contributed by atoms with van der Waals surface area (Å²) in [5.74, 6) is 0.488. The lowest BCUT2D eigenvalue weighted by atomic mass is 10.0. The van der Waals surface area contributed by atoms with Crippen LogP contribution in [0.4, 0.5) is 5.82 Å². The van der Waals surface area contributed by atoms with Gasteiger partial charge in [0.25, 0.3) is 0 Å². The summed E-state index contributed by atoms with van der Waals surface area (Å²) < 4.78 is 6.13. The largest absolute Gasteiger partial charge is 0.378 e. The van der Waals surface area contributed by atoms with E-state index in [2.05, 4.69) is 37.4 Å². The third-order valence-electron chi connectivity index (χ3n) is 3.53. The first kappa shape index (κ1) is 13.2. The van der Waals surface area contributed by atoms with Crippen LogP contribution in [0.2, 0.25) is 0 Å². The number of hydrogen-bond acceptors (Lipinski definition) is 6. The molecule has 2 aromatic carbocycles. The van der Waals surface area contributed by atoms with Gasteiger partial charge >= 0.3 is 0 Å². The molecule has 0 saturated heterocycles. The Hall–Kier alpha value is -3.48. The van der Waals surface area contributed by atoms with Gasteiger partial charge in [-0.15, -0.1) is 5.10 Å². The van der Waals surface area contributed by atoms with Crippen LogP contribution in [0.25, 0.3) is 28.2 Å². The average molecular weight is 304 g/mol. The third kappa shape index (κ3) is 2.34. The van der Waals surface area contributed by atoms with Gasteiger partial charge in [-0.1, -0.05) is 59.8 Å². The fraction of sp³-hybridized carbons (Fsp3) is 0. The van der Waals surface area contributed by atoms with Gasteiger partial charge in [-0.05, 0) is 21.4 Å². The summed E-state index contributed by atoms with van der Waals surface area (Å²) in [7, 11) is 0. The number of aromatic nitrogens is 5. The Balaban J connectivity index is 1.73. The van der Waals surface area contributed by atoms with Crippen LogP contribution >= 0.6 is 0 Å². The van der Waals surface area contributed by atoms with Crippen LogP contribution in [0, 0.1) is 0 Å². The first-order valence-corrected chi connectivity index (χ1v) is 6.98. The van der Waals surface area contributed by atoms with Crippen molar-refractivity contribution in [3.8, 4) is 28.2 Å². The Morgan fingerprint density at radius 1 is 0.826 bits per heavy atom. The van der Waals surface area contributed by atoms with Crippen LogP contribution in [0.3, 0.4) is 0 Å². The highest BCUT2D eigenvalue weighted by Gasteiger charge is 2.15. The standard InChI is InChI=1S/C16H12N6O/c17-15-16(20-23-19-15)22-14(10-18-21-22)13-8-6-12(7-9-13)11-4-2-1-3-5-11/h1-10H,(H2,17,19). The van der Waals surface area contributed by atoms with Crippen LogP contribution in [-0.2, 0) is 0 Å². The number of nitrogen functional groups attached to an aromatic ring is 1. The molecule has 23 heavy (non-hydrogen) atoms. The molecule has 0 atom stereocenters. The number of hydrogen-bond donors (Lipinski definition) is 1. The molecule has 7 heteroatoms. The van der Waals surface area contributed by atoms with Crippen molar-refractivity contribution in [2.45, 2.75) is 0 Å². The van der Waals surface area contributed by atoms with Crippen LogP contribution in [-0.4, -0.2) is 25.3 Å². The number of nitrogens with two attached hydrogens (primary N) is 1. The van der Waals surface area contributed by atoms with Crippen molar-refractivity contribution in [3.05, 3.63) is 60.8 Å². The van der Waals surface area contributed by atoms with Crippen molar-refractivity contribution in [2.24, 2.45) is 0 Å². The van der Waals surface area contributed by atoms with Crippen LogP contribution < -0.4 is 5.73 Å². The molecule has 4 aromatic rings. The molecule has 2 N–H and O–H groups in total. The van der Waals surface area contributed by atoms with Crippen molar-refractivity contribution in [1.82, 2.24) is 25.3 Å². The lowest BCUT2D eigenvalue weighted by molar-refractivity contribution is 0.307. The van der Waals surface area contributed by atoms with Gasteiger partial charge in [0.05, 0.1) is 11.9 Å². The summed E-state index contributed by atoms with van der Waals surface area (Å²) in [4.78, 5) is 0. The molecule has 2 heterocycles. The predicted octanol–water partition coefficient (Wildman–Crippen LogP) is 2.57. The smallest absolute Gasteiger partial charge is 0.243 e. The summed E-state index contributed by atoms with van der Waals surface area (Å²) in [6, 6.07) is 18.3. The fourth-order valence-corrected chi connectivity index (χ4v) is 2.39. The molecule has 112 valence electrons. The molecule has 0 saturated carbocycles. The summed E-state index contributed by atoms with van der Waals surface area (Å²) in [6.07, 6.45) is 1.64. The van der Waals surface area contributed by atoms with Gasteiger partial charge in [-0.3, -0.25) is 0 Å². The molecule has 0 radical (unpaired) electrons. The van der Waals surface area contributed by atoms with E-state index in [1.165, 1.54) is 4.68 Å². The Bertz CT molecular complexity index is 927. The van der Waals surface area contributed by atoms with Gasteiger partial charge in [0.2, 0.25) is 11.6 Å². The predicted molar refractivity (Wildman–Crippen MR) is 84.5 cm³/mol. The zero-order valence-electron chi connectivity index (χ0n) is 12.0. The summed E-state index contributed by atoms with van der Waals surface area (Å²) in [5.41, 5.74) is 9.72. The number of benzene rings is 2. The van der Waals surface area contributed by atoms with Gasteiger partial charge in [0.15, 0.2) is 0 Å². The molecule has 0 aliphatic rings. The first-order valence-electron chi connectivity index (χ1n) is 6.98. The SMILES string of the molecule is Nc1nonc1-n1nncc1-c1ccc(-c2ccccc2)cc1. The molecule has 0 spiro atoms. The normalized spacial score (nSPS) is 10.8. The highest BCUT2D eigenvalue weighted by atomic mass is 16.6. The highest BCUT2D eigenvalue weighted by molar-refractivity contribution is 5.69. The van der Waals surface area contributed by atoms with Crippen molar-refractivity contribution < 1.29 is 4.63 Å². The number of anilines is 1. The molecule has 7 nitrogen and oxygen atoms in total. The average Bonchev–Trinajstić information content (AvgIpc) is 3.24. The second kappa shape index (κ2) is 5.38. The van der Waals surface area contributed by atoms with Gasteiger partial charge in [-0.2, -0.15) is 4.68 Å². The van der Waals surface area contributed by atoms with E-state index in [0.717, 1.165) is 22.4 Å². The van der Waals surface area contributed by atoms with Gasteiger partial charge in [0.1, 0.15) is 0 Å². The second-order valence-corrected chi connectivity index (χ2v) is 4.95. The number of nitrogens with zero attached hydrogens (tertiary/aromatic N) is 5. The summed E-state index contributed by atoms with van der Waals surface area (Å²) >= 11 is 0. The third-order valence-corrected chi connectivity index (χ3v) is 3.53. The maximum Gasteiger partial charge on any atom is 0.243 e. The van der Waals surface area contributed by atoms with E-state index in [1.54, 1.807) is 6.20 Å². The zero-order chi connectivity index (χ0) is 15.6. The molecule has 0 amide bonds. The maximum absolute atomic E-state index is 5.72. The summed E-state index contributed by atoms with van der Waals surface area (Å²) in [6.45, 7) is 0. The van der Waals surface area contributed by atoms with E-state index in [1.807, 2.05) is 42.5 Å². The van der Waals surface area contributed by atoms with E-state index in [4.69, 9.17) is 5.73 Å². The molecule has 0 fully saturated rings. The Morgan fingerprint density at radius 3 is 2.22 bits per heavy atom. The quantitative estimate of drug-likeness (QED) is 0.625. The van der Waals surface area contributed by atoms with E-state index in [9.17, 15) is 0 Å². The maximum atomic E-state index is 5.72. The van der Waals surface area contributed by atoms with E-state index in [-0.39, 0.29) is 5.82 Å². The lowest BCUT2D eigenvalue weighted by Crippen LogP contribution is -2.03. The highest BCUT2D eigenvalue weighted by Crippen LogP contribution is 2.26. The van der Waals surface area contributed by atoms with Crippen LogP contribution in [0.1, 0.15) is 0 Å². The number of rotatable bonds is 3. The zero-order valence-corrected chi connectivity index (χ0v) is 12.0. The van der Waals surface area contributed by atoms with E-state index >= 15 is 0 Å². The van der Waals surface area contributed by atoms with Crippen molar-refractivity contribution >= 4 is 5.82 Å². The Labute approximate surface area is 131 Å². The monoisotopic (exact) mass is 304 g/mol. The Morgan fingerprint density at radius 2 is 1.52 bits per heavy atom. The topological polar surface area (TPSA) is 95.7 Å². The van der Waals surface area contributed by atoms with Crippen molar-refractivity contribution in [3.63, 3.8) is 0 Å². The molecular formula is C16H12N6O. The fourth-order valence-electron chi connectivity index (χ4n) is 2.39. The van der Waals surface area contributed by atoms with Crippen molar-refractivity contribution in [1.29, 1.82) is 0 Å². The molecule has 2 aromatic heterocycles. The van der Waals surface area contributed by atoms with Crippen LogP contribution in [0.5, 0.6) is 0 Å². The minimum atomic E-state index is 0.164. The van der Waals surface area contributed by atoms with E-state index < -0.39 is 0 Å². The van der Waals surface area contributed by atoms with Crippen LogP contribution in [0.15, 0.2) is 65.4 Å². The van der Waals surface area contributed by atoms with Gasteiger partial charge in [0, 0.05) is 5.56 Å². The minimum absolute atomic E-state index is 0.164. The summed E-state index contributed by atoms with van der Waals surface area (Å²) in [5, 5.41) is 15.2. The minimum Gasteiger partial charge on any atom is -0.378 e. The second-order valence-electron chi connectivity index (χ2n) is 4.95. The molecule has 4 rings (SSSR count).